The fourth-order valence-corrected chi connectivity index (χ4v) is 4.86. The molecule has 0 spiro atoms. The standard InChI is InChI=1S/C23H35NO8/c1-14(25)31-12-10-8-6-4-2-3-5-7-9-11-16(26)24-15-13-23(30)21(29)17(18(15)27)19(28)20-22(23)32-20/h9,11,15,17-20,22,27-28,30H,2-8,10,12-13H2,1H3,(H,24,26)/t15-,17-,18-,19-,20-,22-,23+/m0/s1. The van der Waals surface area contributed by atoms with Gasteiger partial charge in [-0.2, -0.15) is 0 Å². The summed E-state index contributed by atoms with van der Waals surface area (Å²) < 4.78 is 10.1. The molecule has 9 heteroatoms. The van der Waals surface area contributed by atoms with E-state index in [1.165, 1.54) is 13.0 Å². The second-order valence-electron chi connectivity index (χ2n) is 9.14. The van der Waals surface area contributed by atoms with Crippen LogP contribution in [0.3, 0.4) is 0 Å². The molecule has 0 unspecified atom stereocenters. The topological polar surface area (TPSA) is 146 Å². The lowest BCUT2D eigenvalue weighted by atomic mass is 9.64. The van der Waals surface area contributed by atoms with Gasteiger partial charge in [-0.15, -0.1) is 0 Å². The number of Topliss-reactive ketones (excluding diaryl/α,β-unsaturated/α-hetero) is 1. The van der Waals surface area contributed by atoms with E-state index in [2.05, 4.69) is 5.32 Å². The first kappa shape index (κ1) is 24.8. The lowest BCUT2D eigenvalue weighted by Gasteiger charge is -2.46. The Kier molecular flexibility index (Phi) is 8.43. The SMILES string of the molecule is CC(=O)OCCCCCCCCCC=CC(=O)N[C@H]1C[C@@]2(O)C(=O)[C@H]([C@H](O)[C@@H]3O[C@@H]32)[C@H]1O. The van der Waals surface area contributed by atoms with Crippen LogP contribution in [0.15, 0.2) is 12.2 Å². The lowest BCUT2D eigenvalue weighted by Crippen LogP contribution is -2.69. The van der Waals surface area contributed by atoms with Crippen molar-refractivity contribution in [3.8, 4) is 0 Å². The quantitative estimate of drug-likeness (QED) is 0.145. The number of amides is 1. The van der Waals surface area contributed by atoms with Crippen LogP contribution in [0.2, 0.25) is 0 Å². The highest BCUT2D eigenvalue weighted by Gasteiger charge is 2.72. The summed E-state index contributed by atoms with van der Waals surface area (Å²) in [6.45, 7) is 1.91. The first-order valence-electron chi connectivity index (χ1n) is 11.6. The average Bonchev–Trinajstić information content (AvgIpc) is 3.54. The maximum absolute atomic E-state index is 12.4. The zero-order chi connectivity index (χ0) is 23.3. The second kappa shape index (κ2) is 10.9. The van der Waals surface area contributed by atoms with E-state index in [-0.39, 0.29) is 12.4 Å². The lowest BCUT2D eigenvalue weighted by molar-refractivity contribution is -0.171. The van der Waals surface area contributed by atoms with E-state index in [1.807, 2.05) is 0 Å². The van der Waals surface area contributed by atoms with Gasteiger partial charge in [-0.3, -0.25) is 14.4 Å². The van der Waals surface area contributed by atoms with Gasteiger partial charge in [0, 0.05) is 13.3 Å². The summed E-state index contributed by atoms with van der Waals surface area (Å²) in [5, 5.41) is 34.1. The summed E-state index contributed by atoms with van der Waals surface area (Å²) in [5.74, 6) is -2.41. The van der Waals surface area contributed by atoms with Crippen LogP contribution in [0.25, 0.3) is 0 Å². The summed E-state index contributed by atoms with van der Waals surface area (Å²) in [6.07, 6.45) is 7.30. The summed E-state index contributed by atoms with van der Waals surface area (Å²) in [5.41, 5.74) is -1.77. The van der Waals surface area contributed by atoms with Gasteiger partial charge in [-0.1, -0.05) is 38.2 Å². The summed E-state index contributed by atoms with van der Waals surface area (Å²) in [4.78, 5) is 35.3. The number of hydrogen-bond donors (Lipinski definition) is 4. The zero-order valence-electron chi connectivity index (χ0n) is 18.6. The minimum absolute atomic E-state index is 0.127. The number of epoxide rings is 1. The van der Waals surface area contributed by atoms with Crippen LogP contribution in [-0.4, -0.2) is 75.6 Å². The van der Waals surface area contributed by atoms with Crippen molar-refractivity contribution in [2.24, 2.45) is 5.92 Å². The van der Waals surface area contributed by atoms with E-state index in [0.717, 1.165) is 51.4 Å². The summed E-state index contributed by atoms with van der Waals surface area (Å²) in [6, 6.07) is -0.833. The van der Waals surface area contributed by atoms with E-state index < -0.39 is 53.7 Å². The van der Waals surface area contributed by atoms with Crippen LogP contribution in [0.5, 0.6) is 0 Å². The molecule has 3 rings (SSSR count). The van der Waals surface area contributed by atoms with Gasteiger partial charge in [0.2, 0.25) is 5.91 Å². The van der Waals surface area contributed by atoms with E-state index in [1.54, 1.807) is 6.08 Å². The Labute approximate surface area is 188 Å². The van der Waals surface area contributed by atoms with Gasteiger partial charge in [0.05, 0.1) is 30.8 Å². The molecule has 0 aromatic rings. The van der Waals surface area contributed by atoms with E-state index in [4.69, 9.17) is 9.47 Å². The van der Waals surface area contributed by atoms with Crippen molar-refractivity contribution >= 4 is 17.7 Å². The van der Waals surface area contributed by atoms with Gasteiger partial charge >= 0.3 is 5.97 Å². The molecule has 7 atom stereocenters. The Balaban J connectivity index is 1.29. The molecule has 180 valence electrons. The molecule has 9 nitrogen and oxygen atoms in total. The number of ether oxygens (including phenoxy) is 2. The maximum Gasteiger partial charge on any atom is 0.302 e. The number of aliphatic hydroxyl groups excluding tert-OH is 2. The van der Waals surface area contributed by atoms with E-state index in [0.29, 0.717) is 6.61 Å². The van der Waals surface area contributed by atoms with Crippen LogP contribution < -0.4 is 5.32 Å². The Morgan fingerprint density at radius 1 is 1.12 bits per heavy atom. The van der Waals surface area contributed by atoms with Crippen molar-refractivity contribution in [3.63, 3.8) is 0 Å². The zero-order valence-corrected chi connectivity index (χ0v) is 18.6. The Morgan fingerprint density at radius 2 is 1.78 bits per heavy atom. The molecule has 32 heavy (non-hydrogen) atoms. The van der Waals surface area contributed by atoms with Crippen LogP contribution in [0.1, 0.15) is 64.7 Å². The number of fused-ring (bicyclic) bond motifs is 4. The van der Waals surface area contributed by atoms with Crippen molar-refractivity contribution < 1.29 is 39.2 Å². The van der Waals surface area contributed by atoms with Crippen molar-refractivity contribution in [1.82, 2.24) is 5.32 Å². The monoisotopic (exact) mass is 453 g/mol. The van der Waals surface area contributed by atoms with Crippen LogP contribution in [0, 0.1) is 5.92 Å². The number of allylic oxidation sites excluding steroid dienone is 1. The molecule has 3 aliphatic rings. The van der Waals surface area contributed by atoms with Gasteiger partial charge in [0.15, 0.2) is 11.4 Å². The molecule has 1 amide bonds. The predicted molar refractivity (Wildman–Crippen MR) is 113 cm³/mol. The van der Waals surface area contributed by atoms with Crippen molar-refractivity contribution in [2.75, 3.05) is 6.61 Å². The fraction of sp³-hybridized carbons (Fsp3) is 0.783. The molecule has 3 fully saturated rings. The molecule has 2 saturated carbocycles. The number of esters is 1. The van der Waals surface area contributed by atoms with Crippen molar-refractivity contribution in [2.45, 2.75) is 101 Å². The Hall–Kier alpha value is -1.81. The molecule has 1 heterocycles. The van der Waals surface area contributed by atoms with Gasteiger partial charge in [0.25, 0.3) is 0 Å². The number of carbonyl (C=O) groups is 3. The Bertz CT molecular complexity index is 725. The number of hydrogen-bond acceptors (Lipinski definition) is 8. The number of aliphatic hydroxyl groups is 3. The third-order valence-electron chi connectivity index (χ3n) is 6.66. The minimum atomic E-state index is -1.77. The highest BCUT2D eigenvalue weighted by atomic mass is 16.6. The first-order valence-corrected chi connectivity index (χ1v) is 11.6. The number of carbonyl (C=O) groups excluding carboxylic acids is 3. The minimum Gasteiger partial charge on any atom is -0.466 e. The first-order chi connectivity index (χ1) is 15.3. The normalized spacial score (nSPS) is 35.4. The molecule has 0 aromatic carbocycles. The van der Waals surface area contributed by atoms with Crippen molar-refractivity contribution in [3.05, 3.63) is 12.2 Å². The smallest absolute Gasteiger partial charge is 0.302 e. The number of rotatable bonds is 12. The van der Waals surface area contributed by atoms with Crippen LogP contribution >= 0.6 is 0 Å². The third-order valence-corrected chi connectivity index (χ3v) is 6.66. The molecule has 0 aromatic heterocycles. The predicted octanol–water partition coefficient (Wildman–Crippen LogP) is 0.534. The van der Waals surface area contributed by atoms with Gasteiger partial charge < -0.3 is 30.1 Å². The number of nitrogens with one attached hydrogen (secondary N) is 1. The van der Waals surface area contributed by atoms with E-state index in [9.17, 15) is 29.7 Å². The highest BCUT2D eigenvalue weighted by molar-refractivity contribution is 5.95. The van der Waals surface area contributed by atoms with Gasteiger partial charge in [-0.25, -0.2) is 0 Å². The number of unbranched alkanes of at least 4 members (excludes halogenated alkanes) is 7. The number of ketones is 1. The molecule has 4 N–H and O–H groups in total. The molecule has 0 radical (unpaired) electrons. The largest absolute Gasteiger partial charge is 0.466 e. The molecular weight excluding hydrogens is 418 g/mol. The van der Waals surface area contributed by atoms with E-state index >= 15 is 0 Å². The molecule has 1 saturated heterocycles. The highest BCUT2D eigenvalue weighted by Crippen LogP contribution is 2.50. The molecule has 2 bridgehead atoms. The molecule has 1 aliphatic heterocycles. The average molecular weight is 454 g/mol. The summed E-state index contributed by atoms with van der Waals surface area (Å²) >= 11 is 0. The van der Waals surface area contributed by atoms with Gasteiger partial charge in [-0.05, 0) is 25.3 Å². The van der Waals surface area contributed by atoms with Crippen LogP contribution in [-0.2, 0) is 23.9 Å². The second-order valence-corrected chi connectivity index (χ2v) is 9.14. The van der Waals surface area contributed by atoms with Crippen molar-refractivity contribution in [1.29, 1.82) is 0 Å². The Morgan fingerprint density at radius 3 is 2.47 bits per heavy atom. The van der Waals surface area contributed by atoms with Gasteiger partial charge in [0.1, 0.15) is 12.2 Å². The molecule has 2 aliphatic carbocycles. The third kappa shape index (κ3) is 5.75. The molecular formula is C23H35NO8. The maximum atomic E-state index is 12.4. The summed E-state index contributed by atoms with van der Waals surface area (Å²) in [7, 11) is 0. The fourth-order valence-electron chi connectivity index (χ4n) is 4.86. The van der Waals surface area contributed by atoms with Crippen LogP contribution in [0.4, 0.5) is 0 Å².